The Bertz CT molecular complexity index is 630. The molecule has 0 fully saturated rings. The third kappa shape index (κ3) is 3.43. The molecule has 8 heteroatoms. The number of thiazole rings is 1. The van der Waals surface area contributed by atoms with Gasteiger partial charge in [-0.15, -0.1) is 11.3 Å². The maximum Gasteiger partial charge on any atom is 0.340 e. The maximum absolute atomic E-state index is 11.2. The van der Waals surface area contributed by atoms with E-state index in [2.05, 4.69) is 15.0 Å². The van der Waals surface area contributed by atoms with Crippen LogP contribution in [-0.4, -0.2) is 26.0 Å². The summed E-state index contributed by atoms with van der Waals surface area (Å²) in [6.07, 6.45) is 1.68. The molecule has 0 unspecified atom stereocenters. The van der Waals surface area contributed by atoms with Crippen LogP contribution in [0.5, 0.6) is 0 Å². The molecule has 2 heterocycles. The van der Waals surface area contributed by atoms with E-state index >= 15 is 0 Å². The van der Waals surface area contributed by atoms with Crippen molar-refractivity contribution in [3.8, 4) is 0 Å². The number of aromatic nitrogens is 3. The van der Waals surface area contributed by atoms with E-state index in [-0.39, 0.29) is 5.56 Å². The van der Waals surface area contributed by atoms with Crippen molar-refractivity contribution in [3.05, 3.63) is 32.6 Å². The van der Waals surface area contributed by atoms with E-state index in [1.165, 1.54) is 23.1 Å². The first-order valence-corrected chi connectivity index (χ1v) is 7.47. The predicted octanol–water partition coefficient (Wildman–Crippen LogP) is 3.19. The second kappa shape index (κ2) is 5.85. The zero-order valence-corrected chi connectivity index (χ0v) is 12.6. The van der Waals surface area contributed by atoms with Gasteiger partial charge in [-0.1, -0.05) is 23.4 Å². The normalized spacial score (nSPS) is 10.7. The summed E-state index contributed by atoms with van der Waals surface area (Å²) in [7, 11) is 0. The van der Waals surface area contributed by atoms with E-state index in [4.69, 9.17) is 11.6 Å². The van der Waals surface area contributed by atoms with Crippen LogP contribution in [0, 0.1) is 13.8 Å². The predicted molar refractivity (Wildman–Crippen MR) is 75.2 cm³/mol. The molecule has 1 N–H and O–H groups in total. The molecule has 0 amide bonds. The summed E-state index contributed by atoms with van der Waals surface area (Å²) in [5.41, 5.74) is 0.635. The van der Waals surface area contributed by atoms with Crippen LogP contribution in [0.4, 0.5) is 0 Å². The molecular formula is C11H10ClN3O2S2. The number of nitrogens with zero attached hydrogens (tertiary/aromatic N) is 3. The van der Waals surface area contributed by atoms with E-state index in [0.29, 0.717) is 26.8 Å². The van der Waals surface area contributed by atoms with Gasteiger partial charge in [-0.3, -0.25) is 0 Å². The summed E-state index contributed by atoms with van der Waals surface area (Å²) < 4.78 is 0.476. The minimum absolute atomic E-state index is 0.159. The van der Waals surface area contributed by atoms with E-state index < -0.39 is 5.97 Å². The molecule has 0 radical (unpaired) electrons. The van der Waals surface area contributed by atoms with Crippen molar-refractivity contribution in [2.75, 3.05) is 0 Å². The lowest BCUT2D eigenvalue weighted by atomic mass is 10.2. The molecule has 0 aliphatic heterocycles. The molecule has 2 rings (SSSR count). The van der Waals surface area contributed by atoms with Crippen LogP contribution in [0.1, 0.15) is 26.8 Å². The summed E-state index contributed by atoms with van der Waals surface area (Å²) in [5.74, 6) is 0.135. The Balaban J connectivity index is 2.26. The first kappa shape index (κ1) is 14.2. The summed E-state index contributed by atoms with van der Waals surface area (Å²) in [4.78, 5) is 24.4. The van der Waals surface area contributed by atoms with E-state index in [9.17, 15) is 9.90 Å². The van der Waals surface area contributed by atoms with Gasteiger partial charge in [0.1, 0.15) is 16.4 Å². The van der Waals surface area contributed by atoms with Gasteiger partial charge in [0.15, 0.2) is 4.47 Å². The fraction of sp³-hybridized carbons (Fsp3) is 0.273. The lowest BCUT2D eigenvalue weighted by molar-refractivity contribution is 0.0690. The van der Waals surface area contributed by atoms with Gasteiger partial charge >= 0.3 is 5.97 Å². The molecule has 0 aliphatic rings. The average Bonchev–Trinajstić information content (AvgIpc) is 2.71. The molecule has 0 spiro atoms. The molecule has 0 atom stereocenters. The Morgan fingerprint density at radius 1 is 1.47 bits per heavy atom. The second-order valence-corrected chi connectivity index (χ2v) is 6.37. The standard InChI is InChI=1S/C11H10ClN3O2S2/c1-5-8(10(16)17)9(15-6(2)14-5)18-4-7-3-13-11(12)19-7/h3H,4H2,1-2H3,(H,16,17). The number of thioether (sulfide) groups is 1. The Labute approximate surface area is 123 Å². The molecule has 0 saturated heterocycles. The van der Waals surface area contributed by atoms with Gasteiger partial charge in [0.05, 0.1) is 5.69 Å². The van der Waals surface area contributed by atoms with E-state index in [1.807, 2.05) is 0 Å². The third-order valence-corrected chi connectivity index (χ3v) is 4.58. The smallest absolute Gasteiger partial charge is 0.340 e. The molecule has 0 aromatic carbocycles. The Kier molecular flexibility index (Phi) is 4.38. The number of hydrogen-bond donors (Lipinski definition) is 1. The van der Waals surface area contributed by atoms with Crippen molar-refractivity contribution in [2.24, 2.45) is 0 Å². The second-order valence-electron chi connectivity index (χ2n) is 3.71. The number of carboxylic acid groups (broad SMARTS) is 1. The van der Waals surface area contributed by atoms with Crippen LogP contribution in [0.15, 0.2) is 11.2 Å². The summed E-state index contributed by atoms with van der Waals surface area (Å²) >= 11 is 8.47. The van der Waals surface area contributed by atoms with Crippen LogP contribution in [0.25, 0.3) is 0 Å². The largest absolute Gasteiger partial charge is 0.478 e. The Morgan fingerprint density at radius 3 is 2.79 bits per heavy atom. The lowest BCUT2D eigenvalue weighted by Crippen LogP contribution is -2.08. The number of carboxylic acids is 1. The van der Waals surface area contributed by atoms with Crippen molar-refractivity contribution in [2.45, 2.75) is 24.6 Å². The Hall–Kier alpha value is -1.18. The van der Waals surface area contributed by atoms with Crippen molar-refractivity contribution < 1.29 is 9.90 Å². The monoisotopic (exact) mass is 315 g/mol. The number of hydrogen-bond acceptors (Lipinski definition) is 6. The van der Waals surface area contributed by atoms with Crippen molar-refractivity contribution in [1.29, 1.82) is 0 Å². The van der Waals surface area contributed by atoms with Crippen LogP contribution in [0.2, 0.25) is 4.47 Å². The first-order valence-electron chi connectivity index (χ1n) is 5.29. The highest BCUT2D eigenvalue weighted by Crippen LogP contribution is 2.29. The SMILES string of the molecule is Cc1nc(C)c(C(=O)O)c(SCc2cnc(Cl)s2)n1. The molecule has 0 saturated carbocycles. The summed E-state index contributed by atoms with van der Waals surface area (Å²) in [6, 6.07) is 0. The molecule has 2 aromatic heterocycles. The fourth-order valence-corrected chi connectivity index (χ4v) is 3.64. The molecule has 0 bridgehead atoms. The number of carbonyl (C=O) groups is 1. The third-order valence-electron chi connectivity index (χ3n) is 2.26. The average molecular weight is 316 g/mol. The molecular weight excluding hydrogens is 306 g/mol. The van der Waals surface area contributed by atoms with E-state index in [1.54, 1.807) is 20.0 Å². The van der Waals surface area contributed by atoms with Gasteiger partial charge in [-0.2, -0.15) is 0 Å². The van der Waals surface area contributed by atoms with E-state index in [0.717, 1.165) is 4.88 Å². The molecule has 5 nitrogen and oxygen atoms in total. The van der Waals surface area contributed by atoms with Crippen molar-refractivity contribution in [1.82, 2.24) is 15.0 Å². The molecule has 100 valence electrons. The van der Waals surface area contributed by atoms with Gasteiger partial charge < -0.3 is 5.11 Å². The Morgan fingerprint density at radius 2 is 2.21 bits per heavy atom. The summed E-state index contributed by atoms with van der Waals surface area (Å²) in [5, 5.41) is 9.69. The van der Waals surface area contributed by atoms with Gasteiger partial charge in [-0.25, -0.2) is 19.7 Å². The summed E-state index contributed by atoms with van der Waals surface area (Å²) in [6.45, 7) is 3.41. The topological polar surface area (TPSA) is 76.0 Å². The molecule has 2 aromatic rings. The number of rotatable bonds is 4. The van der Waals surface area contributed by atoms with Gasteiger partial charge in [0, 0.05) is 16.8 Å². The minimum Gasteiger partial charge on any atom is -0.478 e. The van der Waals surface area contributed by atoms with Crippen molar-refractivity contribution in [3.63, 3.8) is 0 Å². The van der Waals surface area contributed by atoms with Gasteiger partial charge in [0.2, 0.25) is 0 Å². The highest BCUT2D eigenvalue weighted by atomic mass is 35.5. The highest BCUT2D eigenvalue weighted by molar-refractivity contribution is 7.98. The zero-order valence-electron chi connectivity index (χ0n) is 10.2. The fourth-order valence-electron chi connectivity index (χ4n) is 1.52. The van der Waals surface area contributed by atoms with Gasteiger partial charge in [0.25, 0.3) is 0 Å². The van der Waals surface area contributed by atoms with Crippen LogP contribution in [-0.2, 0) is 5.75 Å². The van der Waals surface area contributed by atoms with Crippen LogP contribution in [0.3, 0.4) is 0 Å². The van der Waals surface area contributed by atoms with Crippen LogP contribution < -0.4 is 0 Å². The van der Waals surface area contributed by atoms with Crippen LogP contribution >= 0.6 is 34.7 Å². The minimum atomic E-state index is -1.01. The quantitative estimate of drug-likeness (QED) is 0.689. The first-order chi connectivity index (χ1) is 8.97. The maximum atomic E-state index is 11.2. The number of aromatic carboxylic acids is 1. The zero-order chi connectivity index (χ0) is 14.0. The van der Waals surface area contributed by atoms with Gasteiger partial charge in [-0.05, 0) is 13.8 Å². The lowest BCUT2D eigenvalue weighted by Gasteiger charge is -2.07. The molecule has 19 heavy (non-hydrogen) atoms. The number of aryl methyl sites for hydroxylation is 2. The van der Waals surface area contributed by atoms with Crippen molar-refractivity contribution >= 4 is 40.7 Å². The number of halogens is 1. The highest BCUT2D eigenvalue weighted by Gasteiger charge is 2.17. The molecule has 0 aliphatic carbocycles.